The van der Waals surface area contributed by atoms with E-state index in [9.17, 15) is 4.79 Å². The fourth-order valence-electron chi connectivity index (χ4n) is 1.98. The zero-order valence-corrected chi connectivity index (χ0v) is 11.9. The molecule has 0 aliphatic heterocycles. The Labute approximate surface area is 126 Å². The van der Waals surface area contributed by atoms with Crippen LogP contribution in [0.4, 0.5) is 16.2 Å². The van der Waals surface area contributed by atoms with Crippen LogP contribution < -0.4 is 10.6 Å². The monoisotopic (exact) mass is 294 g/mol. The zero-order chi connectivity index (χ0) is 15.4. The summed E-state index contributed by atoms with van der Waals surface area (Å²) in [5.41, 5.74) is 3.51. The largest absolute Gasteiger partial charge is 0.323 e. The van der Waals surface area contributed by atoms with Gasteiger partial charge in [-0.25, -0.2) is 4.79 Å². The number of anilines is 2. The molecule has 3 aromatic heterocycles. The highest BCUT2D eigenvalue weighted by atomic mass is 16.2. The quantitative estimate of drug-likeness (QED) is 0.692. The van der Waals surface area contributed by atoms with Crippen molar-refractivity contribution in [2.24, 2.45) is 0 Å². The Balaban J connectivity index is 1.76. The molecule has 110 valence electrons. The summed E-state index contributed by atoms with van der Waals surface area (Å²) < 4.78 is 0. The maximum absolute atomic E-state index is 12.1. The first-order valence-electron chi connectivity index (χ1n) is 6.67. The molecule has 0 aromatic carbocycles. The second kappa shape index (κ2) is 6.04. The van der Waals surface area contributed by atoms with Crippen LogP contribution in [0.1, 0.15) is 5.56 Å². The van der Waals surface area contributed by atoms with Crippen LogP contribution in [0.5, 0.6) is 0 Å². The summed E-state index contributed by atoms with van der Waals surface area (Å²) in [6.45, 7) is 1.87. The zero-order valence-electron chi connectivity index (χ0n) is 11.9. The van der Waals surface area contributed by atoms with E-state index in [1.165, 1.54) is 0 Å². The molecule has 0 atom stereocenters. The van der Waals surface area contributed by atoms with Crippen molar-refractivity contribution in [3.63, 3.8) is 0 Å². The molecule has 2 amide bonds. The number of urea groups is 1. The molecule has 0 radical (unpaired) electrons. The number of amides is 2. The van der Waals surface area contributed by atoms with Crippen LogP contribution in [-0.2, 0) is 0 Å². The van der Waals surface area contributed by atoms with Crippen molar-refractivity contribution in [1.29, 1.82) is 0 Å². The van der Waals surface area contributed by atoms with Gasteiger partial charge in [0.2, 0.25) is 0 Å². The molecule has 7 heteroatoms. The average molecular weight is 294 g/mol. The molecule has 0 unspecified atom stereocenters. The minimum absolute atomic E-state index is 0.354. The summed E-state index contributed by atoms with van der Waals surface area (Å²) in [5, 5.41) is 12.3. The van der Waals surface area contributed by atoms with Crippen LogP contribution in [0.3, 0.4) is 0 Å². The van der Waals surface area contributed by atoms with Gasteiger partial charge in [-0.3, -0.25) is 15.1 Å². The molecule has 3 rings (SSSR count). The van der Waals surface area contributed by atoms with E-state index in [4.69, 9.17) is 0 Å². The Kier molecular flexibility index (Phi) is 3.78. The summed E-state index contributed by atoms with van der Waals surface area (Å²) in [6.07, 6.45) is 6.54. The van der Waals surface area contributed by atoms with E-state index >= 15 is 0 Å². The molecule has 3 aromatic rings. The van der Waals surface area contributed by atoms with E-state index in [2.05, 4.69) is 30.8 Å². The third kappa shape index (κ3) is 2.93. The van der Waals surface area contributed by atoms with Gasteiger partial charge in [0, 0.05) is 24.3 Å². The summed E-state index contributed by atoms with van der Waals surface area (Å²) in [6, 6.07) is 6.92. The van der Waals surface area contributed by atoms with Crippen LogP contribution >= 0.6 is 0 Å². The molecule has 0 fully saturated rings. The van der Waals surface area contributed by atoms with Gasteiger partial charge in [0.25, 0.3) is 0 Å². The molecule has 0 aliphatic rings. The molecule has 0 spiro atoms. The molecule has 22 heavy (non-hydrogen) atoms. The lowest BCUT2D eigenvalue weighted by atomic mass is 10.2. The first kappa shape index (κ1) is 13.7. The Morgan fingerprint density at radius 1 is 1.09 bits per heavy atom. The van der Waals surface area contributed by atoms with Crippen LogP contribution in [0, 0.1) is 6.92 Å². The van der Waals surface area contributed by atoms with E-state index in [0.717, 1.165) is 5.56 Å². The standard InChI is InChI=1S/C15H14N6O/c1-10-8-16-7-5-11(10)19-15(22)20-13-9-18-21-14(13)12-4-2-3-6-17-12/h2-9H,1H3,(H,18,21)(H2,16,19,20,22). The van der Waals surface area contributed by atoms with E-state index in [0.29, 0.717) is 22.8 Å². The maximum Gasteiger partial charge on any atom is 0.323 e. The van der Waals surface area contributed by atoms with Crippen molar-refractivity contribution in [2.75, 3.05) is 10.6 Å². The van der Waals surface area contributed by atoms with Crippen LogP contribution in [0.2, 0.25) is 0 Å². The smallest absolute Gasteiger partial charge is 0.307 e. The number of pyridine rings is 2. The van der Waals surface area contributed by atoms with Gasteiger partial charge in [-0.2, -0.15) is 5.10 Å². The number of carbonyl (C=O) groups is 1. The Morgan fingerprint density at radius 3 is 2.73 bits per heavy atom. The van der Waals surface area contributed by atoms with E-state index in [-0.39, 0.29) is 6.03 Å². The molecule has 0 saturated carbocycles. The third-order valence-corrected chi connectivity index (χ3v) is 3.08. The van der Waals surface area contributed by atoms with Gasteiger partial charge < -0.3 is 10.6 Å². The fraction of sp³-hybridized carbons (Fsp3) is 0.0667. The van der Waals surface area contributed by atoms with Gasteiger partial charge in [-0.15, -0.1) is 0 Å². The highest BCUT2D eigenvalue weighted by Gasteiger charge is 2.12. The lowest BCUT2D eigenvalue weighted by Gasteiger charge is -2.09. The van der Waals surface area contributed by atoms with Crippen LogP contribution in [-0.4, -0.2) is 26.2 Å². The predicted molar refractivity (Wildman–Crippen MR) is 83.4 cm³/mol. The number of aromatic nitrogens is 4. The molecular weight excluding hydrogens is 280 g/mol. The van der Waals surface area contributed by atoms with Crippen molar-refractivity contribution >= 4 is 17.4 Å². The molecular formula is C15H14N6O. The Bertz CT molecular complexity index is 783. The summed E-state index contributed by atoms with van der Waals surface area (Å²) in [5.74, 6) is 0. The second-order valence-corrected chi connectivity index (χ2v) is 4.64. The van der Waals surface area contributed by atoms with E-state index in [1.54, 1.807) is 30.9 Å². The number of carbonyl (C=O) groups excluding carboxylic acids is 1. The predicted octanol–water partition coefficient (Wildman–Crippen LogP) is 2.82. The molecule has 0 saturated heterocycles. The number of aromatic amines is 1. The summed E-state index contributed by atoms with van der Waals surface area (Å²) >= 11 is 0. The van der Waals surface area contributed by atoms with E-state index < -0.39 is 0 Å². The molecule has 3 N–H and O–H groups in total. The number of nitrogens with one attached hydrogen (secondary N) is 3. The minimum Gasteiger partial charge on any atom is -0.307 e. The van der Waals surface area contributed by atoms with Gasteiger partial charge in [0.15, 0.2) is 0 Å². The summed E-state index contributed by atoms with van der Waals surface area (Å²) in [7, 11) is 0. The number of hydrogen-bond acceptors (Lipinski definition) is 4. The van der Waals surface area contributed by atoms with Crippen LogP contribution in [0.15, 0.2) is 49.1 Å². The maximum atomic E-state index is 12.1. The normalized spacial score (nSPS) is 10.2. The first-order chi connectivity index (χ1) is 10.7. The number of aryl methyl sites for hydroxylation is 1. The molecule has 0 bridgehead atoms. The van der Waals surface area contributed by atoms with Gasteiger partial charge in [0.1, 0.15) is 5.69 Å². The lowest BCUT2D eigenvalue weighted by molar-refractivity contribution is 0.262. The highest BCUT2D eigenvalue weighted by molar-refractivity contribution is 6.01. The second-order valence-electron chi connectivity index (χ2n) is 4.64. The van der Waals surface area contributed by atoms with Crippen molar-refractivity contribution in [2.45, 2.75) is 6.92 Å². The van der Waals surface area contributed by atoms with E-state index in [1.807, 2.05) is 25.1 Å². The molecule has 7 nitrogen and oxygen atoms in total. The number of H-pyrrole nitrogens is 1. The number of hydrogen-bond donors (Lipinski definition) is 3. The first-order valence-corrected chi connectivity index (χ1v) is 6.67. The van der Waals surface area contributed by atoms with Crippen molar-refractivity contribution in [3.05, 3.63) is 54.6 Å². The summed E-state index contributed by atoms with van der Waals surface area (Å²) in [4.78, 5) is 20.3. The lowest BCUT2D eigenvalue weighted by Crippen LogP contribution is -2.20. The van der Waals surface area contributed by atoms with Crippen molar-refractivity contribution in [1.82, 2.24) is 20.2 Å². The molecule has 3 heterocycles. The number of rotatable bonds is 3. The van der Waals surface area contributed by atoms with Crippen molar-refractivity contribution in [3.8, 4) is 11.4 Å². The van der Waals surface area contributed by atoms with Crippen molar-refractivity contribution < 1.29 is 4.79 Å². The van der Waals surface area contributed by atoms with Gasteiger partial charge >= 0.3 is 6.03 Å². The average Bonchev–Trinajstić information content (AvgIpc) is 2.98. The number of nitrogens with zero attached hydrogens (tertiary/aromatic N) is 3. The highest BCUT2D eigenvalue weighted by Crippen LogP contribution is 2.23. The topological polar surface area (TPSA) is 95.6 Å². The van der Waals surface area contributed by atoms with Gasteiger partial charge in [-0.1, -0.05) is 6.07 Å². The minimum atomic E-state index is -0.354. The third-order valence-electron chi connectivity index (χ3n) is 3.08. The SMILES string of the molecule is Cc1cnccc1NC(=O)Nc1cn[nH]c1-c1ccccn1. The van der Waals surface area contributed by atoms with Gasteiger partial charge in [-0.05, 0) is 30.7 Å². The Morgan fingerprint density at radius 2 is 1.95 bits per heavy atom. The Hall–Kier alpha value is -3.22. The molecule has 0 aliphatic carbocycles. The van der Waals surface area contributed by atoms with Gasteiger partial charge in [0.05, 0.1) is 17.6 Å². The fourth-order valence-corrected chi connectivity index (χ4v) is 1.98. The van der Waals surface area contributed by atoms with Crippen LogP contribution in [0.25, 0.3) is 11.4 Å².